The molecule has 4 aromatic heterocycles. The smallest absolute Gasteiger partial charge is 0.347 e. The summed E-state index contributed by atoms with van der Waals surface area (Å²) in [5.41, 5.74) is 2.69. The normalized spacial score (nSPS) is 27.3. The van der Waals surface area contributed by atoms with E-state index in [0.717, 1.165) is 11.1 Å². The van der Waals surface area contributed by atoms with E-state index in [1.165, 1.54) is 34.4 Å². The molecule has 29 heteroatoms. The van der Waals surface area contributed by atoms with Crippen molar-refractivity contribution in [2.24, 2.45) is 0 Å². The van der Waals surface area contributed by atoms with E-state index in [1.54, 1.807) is 38.2 Å². The number of amides is 4. The van der Waals surface area contributed by atoms with Gasteiger partial charge in [0.25, 0.3) is 0 Å². The summed E-state index contributed by atoms with van der Waals surface area (Å²) in [6.45, 7) is 2.83. The summed E-state index contributed by atoms with van der Waals surface area (Å²) in [6.07, 6.45) is 2.42. The minimum Gasteiger partial charge on any atom is -0.347 e. The van der Waals surface area contributed by atoms with Crippen molar-refractivity contribution in [3.63, 3.8) is 0 Å². The van der Waals surface area contributed by atoms with Crippen molar-refractivity contribution in [3.05, 3.63) is 109 Å². The van der Waals surface area contributed by atoms with Crippen LogP contribution in [0.2, 0.25) is 0 Å². The SMILES string of the molecule is CCNC(=O)Nc1ncnc2c1ncn2[C@@H]1O[C@H](COP(=O)(O)OP(=O)(O)OC[C@H]2O[C@@H](n3cnc4c(NC(=O)NCC)ncnc43)[C@@H]3OC(/C=C/c4ccccc4)O[C@@H]32)[C@H]2OC(/C=C/c3ccccc3)O[C@H]21. The topological polar surface area (TPSA) is 327 Å². The third-order valence-electron chi connectivity index (χ3n) is 11.6. The fourth-order valence-corrected chi connectivity index (χ4v) is 10.6. The Morgan fingerprint density at radius 2 is 1.01 bits per heavy atom. The maximum absolute atomic E-state index is 13.5. The molecule has 10 rings (SSSR count). The second-order valence-electron chi connectivity index (χ2n) is 16.5. The van der Waals surface area contributed by atoms with Crippen LogP contribution in [0, 0.1) is 0 Å². The largest absolute Gasteiger partial charge is 0.481 e. The number of fused-ring (bicyclic) bond motifs is 4. The van der Waals surface area contributed by atoms with Gasteiger partial charge in [-0.25, -0.2) is 48.6 Å². The Morgan fingerprint density at radius 3 is 1.42 bits per heavy atom. The second-order valence-corrected chi connectivity index (χ2v) is 19.5. The van der Waals surface area contributed by atoms with Gasteiger partial charge in [-0.1, -0.05) is 72.8 Å². The molecule has 384 valence electrons. The minimum absolute atomic E-state index is 0.123. The third-order valence-corrected chi connectivity index (χ3v) is 14.2. The van der Waals surface area contributed by atoms with Crippen LogP contribution in [0.25, 0.3) is 34.5 Å². The molecule has 4 saturated heterocycles. The summed E-state index contributed by atoms with van der Waals surface area (Å²) in [5.74, 6) is 0.246. The number of ether oxygens (including phenoxy) is 6. The van der Waals surface area contributed by atoms with Gasteiger partial charge < -0.3 is 48.8 Å². The first kappa shape index (κ1) is 50.1. The molecule has 6 N–H and O–H groups in total. The summed E-state index contributed by atoms with van der Waals surface area (Å²) < 4.78 is 83.1. The van der Waals surface area contributed by atoms with Crippen LogP contribution in [0.4, 0.5) is 21.2 Å². The molecule has 12 atom stereocenters. The fourth-order valence-electron chi connectivity index (χ4n) is 8.52. The number of aromatic nitrogens is 8. The lowest BCUT2D eigenvalue weighted by molar-refractivity contribution is -0.133. The number of carbonyl (C=O) groups is 2. The zero-order valence-corrected chi connectivity index (χ0v) is 40.5. The predicted molar refractivity (Wildman–Crippen MR) is 255 cm³/mol. The third kappa shape index (κ3) is 11.2. The lowest BCUT2D eigenvalue weighted by atomic mass is 10.1. The highest BCUT2D eigenvalue weighted by Gasteiger charge is 2.56. The monoisotopic (exact) mass is 1050 g/mol. The number of hydrogen-bond donors (Lipinski definition) is 6. The first-order valence-corrected chi connectivity index (χ1v) is 25.8. The molecule has 4 aliphatic rings. The van der Waals surface area contributed by atoms with Crippen molar-refractivity contribution in [1.29, 1.82) is 0 Å². The number of imidazole rings is 2. The van der Waals surface area contributed by atoms with E-state index in [4.69, 9.17) is 41.8 Å². The molecule has 4 amide bonds. The molecule has 0 bridgehead atoms. The fraction of sp³-hybridized carbons (Fsp3) is 0.364. The summed E-state index contributed by atoms with van der Waals surface area (Å²) in [6, 6.07) is 17.8. The molecule has 4 aliphatic heterocycles. The number of anilines is 2. The molecular weight excluding hydrogens is 999 g/mol. The number of phosphoric ester groups is 2. The van der Waals surface area contributed by atoms with Crippen molar-refractivity contribution in [3.8, 4) is 0 Å². The van der Waals surface area contributed by atoms with Gasteiger partial charge in [-0.2, -0.15) is 4.31 Å². The molecule has 73 heavy (non-hydrogen) atoms. The van der Waals surface area contributed by atoms with E-state index in [1.807, 2.05) is 60.7 Å². The van der Waals surface area contributed by atoms with Gasteiger partial charge >= 0.3 is 27.7 Å². The highest BCUT2D eigenvalue weighted by molar-refractivity contribution is 7.61. The molecule has 2 aromatic carbocycles. The molecular formula is C44H48N12O15P2. The van der Waals surface area contributed by atoms with Crippen LogP contribution in [-0.2, 0) is 50.9 Å². The first-order valence-electron chi connectivity index (χ1n) is 22.9. The molecule has 0 spiro atoms. The number of nitrogens with zero attached hydrogens (tertiary/aromatic N) is 8. The van der Waals surface area contributed by atoms with Crippen LogP contribution >= 0.6 is 15.6 Å². The van der Waals surface area contributed by atoms with Gasteiger partial charge in [0.2, 0.25) is 0 Å². The molecule has 27 nitrogen and oxygen atoms in total. The molecule has 0 aliphatic carbocycles. The maximum Gasteiger partial charge on any atom is 0.481 e. The van der Waals surface area contributed by atoms with E-state index in [9.17, 15) is 28.5 Å². The predicted octanol–water partition coefficient (Wildman–Crippen LogP) is 4.64. The average molecular weight is 1050 g/mol. The van der Waals surface area contributed by atoms with Crippen LogP contribution in [-0.4, -0.2) is 136 Å². The van der Waals surface area contributed by atoms with E-state index in [-0.39, 0.29) is 34.0 Å². The van der Waals surface area contributed by atoms with E-state index in [0.29, 0.717) is 13.1 Å². The van der Waals surface area contributed by atoms with Crippen molar-refractivity contribution < 1.29 is 70.3 Å². The van der Waals surface area contributed by atoms with Gasteiger partial charge in [0, 0.05) is 13.1 Å². The number of benzene rings is 2. The maximum atomic E-state index is 13.5. The second kappa shape index (κ2) is 21.6. The van der Waals surface area contributed by atoms with Gasteiger partial charge in [0.05, 0.1) is 25.9 Å². The lowest BCUT2D eigenvalue weighted by Crippen LogP contribution is -2.32. The van der Waals surface area contributed by atoms with E-state index in [2.05, 4.69) is 51.2 Å². The molecule has 8 heterocycles. The van der Waals surface area contributed by atoms with Crippen molar-refractivity contribution in [2.45, 2.75) is 75.5 Å². The summed E-state index contributed by atoms with van der Waals surface area (Å²) >= 11 is 0. The van der Waals surface area contributed by atoms with Crippen molar-refractivity contribution in [1.82, 2.24) is 49.7 Å². The first-order chi connectivity index (χ1) is 35.3. The van der Waals surface area contributed by atoms with Crippen LogP contribution in [0.3, 0.4) is 0 Å². The van der Waals surface area contributed by atoms with Gasteiger partial charge in [-0.3, -0.25) is 28.8 Å². The highest BCUT2D eigenvalue weighted by atomic mass is 31.3. The van der Waals surface area contributed by atoms with Crippen LogP contribution in [0.1, 0.15) is 37.4 Å². The Morgan fingerprint density at radius 1 is 0.603 bits per heavy atom. The molecule has 6 aromatic rings. The minimum atomic E-state index is -5.43. The van der Waals surface area contributed by atoms with Gasteiger partial charge in [0.15, 0.2) is 59.0 Å². The summed E-state index contributed by atoms with van der Waals surface area (Å²) in [4.78, 5) is 72.4. The lowest BCUT2D eigenvalue weighted by Gasteiger charge is -2.22. The van der Waals surface area contributed by atoms with Gasteiger partial charge in [-0.15, -0.1) is 0 Å². The van der Waals surface area contributed by atoms with Gasteiger partial charge in [-0.05, 0) is 37.1 Å². The molecule has 0 radical (unpaired) electrons. The number of phosphoric acid groups is 2. The van der Waals surface area contributed by atoms with Crippen LogP contribution in [0.15, 0.2) is 98.1 Å². The zero-order chi connectivity index (χ0) is 50.7. The van der Waals surface area contributed by atoms with E-state index >= 15 is 0 Å². The number of hydrogen-bond acceptors (Lipinski definition) is 19. The molecule has 4 unspecified atom stereocenters. The Labute approximate surface area is 414 Å². The number of nitrogens with one attached hydrogen (secondary N) is 4. The number of rotatable bonds is 18. The summed E-state index contributed by atoms with van der Waals surface area (Å²) in [7, 11) is -10.9. The summed E-state index contributed by atoms with van der Waals surface area (Å²) in [5, 5.41) is 10.5. The Balaban J connectivity index is 0.830. The Bertz CT molecular complexity index is 2890. The number of urea groups is 2. The quantitative estimate of drug-likeness (QED) is 0.0638. The van der Waals surface area contributed by atoms with Crippen LogP contribution in [0.5, 0.6) is 0 Å². The Kier molecular flexibility index (Phi) is 14.8. The molecule has 4 fully saturated rings. The number of carbonyl (C=O) groups excluding carboxylic acids is 2. The molecule has 0 saturated carbocycles. The highest BCUT2D eigenvalue weighted by Crippen LogP contribution is 2.61. The zero-order valence-electron chi connectivity index (χ0n) is 38.7. The van der Waals surface area contributed by atoms with Crippen molar-refractivity contribution in [2.75, 3.05) is 36.9 Å². The van der Waals surface area contributed by atoms with Crippen LogP contribution < -0.4 is 21.3 Å². The average Bonchev–Trinajstić information content (AvgIpc) is 4.24. The standard InChI is InChI=1S/C44H48N12O15P2/c1-3-45-43(57)53-37-31-39(49-21-47-37)55(23-51-31)41-35-33(67-29(69-35)17-15-25-11-7-5-8-12-25)27(65-41)19-63-72(59,60)71-73(61,62)64-20-28-34-36(70-30(68-34)18-16-26-13-9-6-10-14-26)42(66-28)56-24-52-32-38(48-22-50-40(32)56)54-44(58)46-4-2/h5-18,21-24,27-30,33-36,41-42H,3-4,19-20H2,1-2H3,(H,59,60)(H,61,62)(H2,45,47,49,53,57)(H2,46,48,50,54,58)/b17-15+,18-16+/t27-,28-,29?,30?,33-,34-,35-,36-,41-,42-/m1/s1. The Hall–Kier alpha value is -6.42. The van der Waals surface area contributed by atoms with Crippen molar-refractivity contribution >= 4 is 73.8 Å². The van der Waals surface area contributed by atoms with Gasteiger partial charge in [0.1, 0.15) is 49.3 Å². The van der Waals surface area contributed by atoms with E-state index < -0.39 is 103 Å².